The third kappa shape index (κ3) is 5.94. The third-order valence-electron chi connectivity index (χ3n) is 2.23. The molecule has 0 aromatic heterocycles. The molecule has 0 fully saturated rings. The molecule has 1 aromatic rings. The first-order valence-electron chi connectivity index (χ1n) is 6.36. The van der Waals surface area contributed by atoms with Gasteiger partial charge in [0.1, 0.15) is 12.4 Å². The summed E-state index contributed by atoms with van der Waals surface area (Å²) >= 11 is 5.92. The lowest BCUT2D eigenvalue weighted by Gasteiger charge is -2.13. The molecule has 1 amide bonds. The van der Waals surface area contributed by atoms with Gasteiger partial charge in [-0.25, -0.2) is 0 Å². The van der Waals surface area contributed by atoms with Crippen molar-refractivity contribution in [2.45, 2.75) is 33.3 Å². The molecule has 5 heteroatoms. The van der Waals surface area contributed by atoms with Gasteiger partial charge in [-0.15, -0.1) is 0 Å². The molecule has 1 aromatic carbocycles. The lowest BCUT2D eigenvalue weighted by Crippen LogP contribution is -2.21. The van der Waals surface area contributed by atoms with E-state index >= 15 is 0 Å². The Morgan fingerprint density at radius 2 is 2.16 bits per heavy atom. The molecule has 0 atom stereocenters. The molecule has 0 spiro atoms. The summed E-state index contributed by atoms with van der Waals surface area (Å²) in [6.07, 6.45) is 0.910. The van der Waals surface area contributed by atoms with Gasteiger partial charge in [0.2, 0.25) is 5.91 Å². The number of ether oxygens (including phenoxy) is 2. The van der Waals surface area contributed by atoms with Gasteiger partial charge in [0.15, 0.2) is 0 Å². The van der Waals surface area contributed by atoms with Crippen LogP contribution in [-0.2, 0) is 9.53 Å². The fraction of sp³-hybridized carbons (Fsp3) is 0.500. The summed E-state index contributed by atoms with van der Waals surface area (Å²) in [5.41, 5.74) is 0.568. The van der Waals surface area contributed by atoms with Gasteiger partial charge in [0.25, 0.3) is 0 Å². The van der Waals surface area contributed by atoms with E-state index in [0.717, 1.165) is 6.42 Å². The average Bonchev–Trinajstić information content (AvgIpc) is 2.35. The van der Waals surface area contributed by atoms with Crippen LogP contribution in [0.5, 0.6) is 5.75 Å². The SMILES string of the molecule is CCCOc1ccc(Cl)cc1NC(=O)COC(C)C. The zero-order chi connectivity index (χ0) is 14.3. The third-order valence-corrected chi connectivity index (χ3v) is 2.46. The second kappa shape index (κ2) is 8.02. The summed E-state index contributed by atoms with van der Waals surface area (Å²) in [6.45, 7) is 6.37. The molecule has 0 aliphatic heterocycles. The van der Waals surface area contributed by atoms with E-state index in [1.165, 1.54) is 0 Å². The maximum Gasteiger partial charge on any atom is 0.250 e. The first kappa shape index (κ1) is 15.8. The van der Waals surface area contributed by atoms with Gasteiger partial charge in [-0.1, -0.05) is 18.5 Å². The number of hydrogen-bond acceptors (Lipinski definition) is 3. The van der Waals surface area contributed by atoms with E-state index in [2.05, 4.69) is 5.32 Å². The van der Waals surface area contributed by atoms with E-state index in [4.69, 9.17) is 21.1 Å². The van der Waals surface area contributed by atoms with Crippen LogP contribution in [0.15, 0.2) is 18.2 Å². The second-order valence-electron chi connectivity index (χ2n) is 4.40. The molecule has 0 bridgehead atoms. The zero-order valence-electron chi connectivity index (χ0n) is 11.5. The van der Waals surface area contributed by atoms with E-state index < -0.39 is 0 Å². The fourth-order valence-electron chi connectivity index (χ4n) is 1.37. The molecule has 0 radical (unpaired) electrons. The molecule has 0 aliphatic carbocycles. The highest BCUT2D eigenvalue weighted by molar-refractivity contribution is 6.31. The molecule has 19 heavy (non-hydrogen) atoms. The molecule has 0 saturated heterocycles. The Kier molecular flexibility index (Phi) is 6.67. The van der Waals surface area contributed by atoms with Crippen LogP contribution in [0, 0.1) is 0 Å². The molecule has 0 heterocycles. The largest absolute Gasteiger partial charge is 0.491 e. The van der Waals surface area contributed by atoms with E-state index in [9.17, 15) is 4.79 Å². The molecular formula is C14H20ClNO3. The Balaban J connectivity index is 2.69. The number of nitrogens with one attached hydrogen (secondary N) is 1. The number of anilines is 1. The van der Waals surface area contributed by atoms with Crippen LogP contribution >= 0.6 is 11.6 Å². The van der Waals surface area contributed by atoms with Crippen LogP contribution in [-0.4, -0.2) is 25.2 Å². The van der Waals surface area contributed by atoms with E-state index in [0.29, 0.717) is 23.1 Å². The molecule has 1 rings (SSSR count). The molecule has 106 valence electrons. The van der Waals surface area contributed by atoms with E-state index in [-0.39, 0.29) is 18.6 Å². The second-order valence-corrected chi connectivity index (χ2v) is 4.83. The minimum absolute atomic E-state index is 0.0113. The van der Waals surface area contributed by atoms with Crippen molar-refractivity contribution in [3.05, 3.63) is 23.2 Å². The van der Waals surface area contributed by atoms with E-state index in [1.54, 1.807) is 18.2 Å². The lowest BCUT2D eigenvalue weighted by molar-refractivity contribution is -0.121. The Labute approximate surface area is 119 Å². The predicted octanol–water partition coefficient (Wildman–Crippen LogP) is 3.49. The maximum absolute atomic E-state index is 11.7. The van der Waals surface area contributed by atoms with Gasteiger partial charge in [0, 0.05) is 5.02 Å². The molecule has 0 unspecified atom stereocenters. The Morgan fingerprint density at radius 1 is 1.42 bits per heavy atom. The summed E-state index contributed by atoms with van der Waals surface area (Å²) in [5.74, 6) is 0.390. The van der Waals surface area contributed by atoms with Crippen molar-refractivity contribution in [1.29, 1.82) is 0 Å². The summed E-state index contributed by atoms with van der Waals surface area (Å²) < 4.78 is 10.8. The number of hydrogen-bond donors (Lipinski definition) is 1. The predicted molar refractivity (Wildman–Crippen MR) is 77.0 cm³/mol. The topological polar surface area (TPSA) is 47.6 Å². The zero-order valence-corrected chi connectivity index (χ0v) is 12.3. The van der Waals surface area contributed by atoms with Crippen LogP contribution in [0.3, 0.4) is 0 Å². The average molecular weight is 286 g/mol. The molecular weight excluding hydrogens is 266 g/mol. The standard InChI is InChI=1S/C14H20ClNO3/c1-4-7-18-13-6-5-11(15)8-12(13)16-14(17)9-19-10(2)3/h5-6,8,10H,4,7,9H2,1-3H3,(H,16,17). The highest BCUT2D eigenvalue weighted by atomic mass is 35.5. The van der Waals surface area contributed by atoms with Gasteiger partial charge >= 0.3 is 0 Å². The number of amides is 1. The van der Waals surface area contributed by atoms with Crippen molar-refractivity contribution in [3.8, 4) is 5.75 Å². The summed E-state index contributed by atoms with van der Waals surface area (Å²) in [7, 11) is 0. The number of rotatable bonds is 7. The monoisotopic (exact) mass is 285 g/mol. The number of benzene rings is 1. The highest BCUT2D eigenvalue weighted by Gasteiger charge is 2.09. The first-order valence-corrected chi connectivity index (χ1v) is 6.74. The van der Waals surface area contributed by atoms with Crippen molar-refractivity contribution in [3.63, 3.8) is 0 Å². The summed E-state index contributed by atoms with van der Waals surface area (Å²) in [4.78, 5) is 11.7. The number of halogens is 1. The molecule has 1 N–H and O–H groups in total. The number of carbonyl (C=O) groups is 1. The smallest absolute Gasteiger partial charge is 0.250 e. The van der Waals surface area contributed by atoms with Gasteiger partial charge in [-0.05, 0) is 38.5 Å². The van der Waals surface area contributed by atoms with Crippen LogP contribution in [0.2, 0.25) is 5.02 Å². The van der Waals surface area contributed by atoms with E-state index in [1.807, 2.05) is 20.8 Å². The Bertz CT molecular complexity index is 421. The molecule has 4 nitrogen and oxygen atoms in total. The molecule has 0 saturated carbocycles. The van der Waals surface area contributed by atoms with Crippen molar-refractivity contribution >= 4 is 23.2 Å². The van der Waals surface area contributed by atoms with Crippen molar-refractivity contribution < 1.29 is 14.3 Å². The highest BCUT2D eigenvalue weighted by Crippen LogP contribution is 2.28. The number of carbonyl (C=O) groups excluding carboxylic acids is 1. The first-order chi connectivity index (χ1) is 9.02. The van der Waals surface area contributed by atoms with Crippen LogP contribution in [0.4, 0.5) is 5.69 Å². The quantitative estimate of drug-likeness (QED) is 0.834. The maximum atomic E-state index is 11.7. The van der Waals surface area contributed by atoms with Crippen LogP contribution in [0.1, 0.15) is 27.2 Å². The summed E-state index contributed by atoms with van der Waals surface area (Å²) in [5, 5.41) is 3.29. The van der Waals surface area contributed by atoms with Crippen molar-refractivity contribution in [2.75, 3.05) is 18.5 Å². The fourth-order valence-corrected chi connectivity index (χ4v) is 1.54. The lowest BCUT2D eigenvalue weighted by atomic mass is 10.3. The van der Waals surface area contributed by atoms with Crippen molar-refractivity contribution in [1.82, 2.24) is 0 Å². The van der Waals surface area contributed by atoms with Crippen LogP contribution < -0.4 is 10.1 Å². The van der Waals surface area contributed by atoms with Gasteiger partial charge in [-0.3, -0.25) is 4.79 Å². The van der Waals surface area contributed by atoms with Crippen molar-refractivity contribution in [2.24, 2.45) is 0 Å². The van der Waals surface area contributed by atoms with Gasteiger partial charge in [-0.2, -0.15) is 0 Å². The van der Waals surface area contributed by atoms with Gasteiger partial charge < -0.3 is 14.8 Å². The molecule has 0 aliphatic rings. The minimum atomic E-state index is -0.225. The van der Waals surface area contributed by atoms with Crippen LogP contribution in [0.25, 0.3) is 0 Å². The van der Waals surface area contributed by atoms with Gasteiger partial charge in [0.05, 0.1) is 18.4 Å². The Hall–Kier alpha value is -1.26. The normalized spacial score (nSPS) is 10.6. The summed E-state index contributed by atoms with van der Waals surface area (Å²) in [6, 6.07) is 5.14. The Morgan fingerprint density at radius 3 is 2.79 bits per heavy atom. The minimum Gasteiger partial charge on any atom is -0.491 e.